The molecule has 2 fully saturated rings. The van der Waals surface area contributed by atoms with Crippen LogP contribution in [0.5, 0.6) is 0 Å². The Morgan fingerprint density at radius 3 is 2.86 bits per heavy atom. The summed E-state index contributed by atoms with van der Waals surface area (Å²) < 4.78 is 0. The van der Waals surface area contributed by atoms with Gasteiger partial charge in [0.05, 0.1) is 5.92 Å². The molecule has 0 aromatic rings. The zero-order valence-electron chi connectivity index (χ0n) is 8.45. The minimum absolute atomic E-state index is 0.0984. The highest BCUT2D eigenvalue weighted by molar-refractivity contribution is 5.88. The lowest BCUT2D eigenvalue weighted by Crippen LogP contribution is -2.40. The molecule has 2 saturated carbocycles. The van der Waals surface area contributed by atoms with E-state index in [2.05, 4.69) is 0 Å². The molecule has 0 aromatic heterocycles. The van der Waals surface area contributed by atoms with Crippen LogP contribution in [0.1, 0.15) is 39.0 Å². The van der Waals surface area contributed by atoms with Gasteiger partial charge in [0.2, 0.25) is 0 Å². The highest BCUT2D eigenvalue weighted by Crippen LogP contribution is 2.52. The van der Waals surface area contributed by atoms with Crippen LogP contribution in [0.15, 0.2) is 0 Å². The second-order valence-electron chi connectivity index (χ2n) is 4.82. The van der Waals surface area contributed by atoms with Crippen molar-refractivity contribution in [3.05, 3.63) is 0 Å². The van der Waals surface area contributed by atoms with E-state index >= 15 is 0 Å². The van der Waals surface area contributed by atoms with Crippen molar-refractivity contribution in [3.63, 3.8) is 0 Å². The smallest absolute Gasteiger partial charge is 0.306 e. The van der Waals surface area contributed by atoms with Gasteiger partial charge in [-0.1, -0.05) is 13.3 Å². The molecule has 3 unspecified atom stereocenters. The summed E-state index contributed by atoms with van der Waals surface area (Å²) in [5.74, 6) is -0.606. The second-order valence-corrected chi connectivity index (χ2v) is 4.82. The molecular formula is C11H16O3. The summed E-state index contributed by atoms with van der Waals surface area (Å²) in [4.78, 5) is 22.7. The number of carbonyl (C=O) groups is 2. The van der Waals surface area contributed by atoms with Crippen LogP contribution < -0.4 is 0 Å². The number of hydrogen-bond acceptors (Lipinski definition) is 2. The fourth-order valence-corrected chi connectivity index (χ4v) is 3.25. The molecular weight excluding hydrogens is 180 g/mol. The third kappa shape index (κ3) is 1.18. The maximum Gasteiger partial charge on any atom is 0.306 e. The van der Waals surface area contributed by atoms with Crippen molar-refractivity contribution in [2.75, 3.05) is 0 Å². The summed E-state index contributed by atoms with van der Waals surface area (Å²) in [6, 6.07) is 0. The molecule has 2 rings (SSSR count). The molecule has 0 saturated heterocycles. The topological polar surface area (TPSA) is 54.4 Å². The van der Waals surface area contributed by atoms with Crippen LogP contribution in [0.3, 0.4) is 0 Å². The number of Topliss-reactive ketones (excluding diaryl/α,β-unsaturated/α-hetero) is 1. The Bertz CT molecular complexity index is 284. The molecule has 0 bridgehead atoms. The van der Waals surface area contributed by atoms with E-state index in [9.17, 15) is 9.59 Å². The standard InChI is InChI=1S/C11H16O3/c1-11-6-2-3-7(10(13)14)8(11)4-5-9(11)12/h7-8H,2-6H2,1H3,(H,13,14). The molecule has 14 heavy (non-hydrogen) atoms. The minimum Gasteiger partial charge on any atom is -0.481 e. The van der Waals surface area contributed by atoms with E-state index in [0.29, 0.717) is 6.42 Å². The van der Waals surface area contributed by atoms with Crippen molar-refractivity contribution in [1.29, 1.82) is 0 Å². The van der Waals surface area contributed by atoms with Gasteiger partial charge < -0.3 is 5.11 Å². The van der Waals surface area contributed by atoms with Gasteiger partial charge in [0.1, 0.15) is 5.78 Å². The van der Waals surface area contributed by atoms with Crippen LogP contribution in [-0.4, -0.2) is 16.9 Å². The molecule has 0 radical (unpaired) electrons. The molecule has 0 aliphatic heterocycles. The number of aliphatic carboxylic acids is 1. The Labute approximate surface area is 83.5 Å². The molecule has 2 aliphatic rings. The Balaban J connectivity index is 2.28. The molecule has 1 N–H and O–H groups in total. The highest BCUT2D eigenvalue weighted by atomic mass is 16.4. The Hall–Kier alpha value is -0.860. The Morgan fingerprint density at radius 2 is 2.21 bits per heavy atom. The normalized spacial score (nSPS) is 42.2. The van der Waals surface area contributed by atoms with Crippen molar-refractivity contribution in [3.8, 4) is 0 Å². The predicted octanol–water partition coefficient (Wildman–Crippen LogP) is 1.86. The van der Waals surface area contributed by atoms with Crippen molar-refractivity contribution >= 4 is 11.8 Å². The van der Waals surface area contributed by atoms with E-state index in [0.717, 1.165) is 25.7 Å². The lowest BCUT2D eigenvalue weighted by molar-refractivity contribution is -0.148. The molecule has 3 atom stereocenters. The maximum absolute atomic E-state index is 11.7. The minimum atomic E-state index is -0.712. The average molecular weight is 196 g/mol. The Kier molecular flexibility index (Phi) is 2.13. The van der Waals surface area contributed by atoms with E-state index in [1.807, 2.05) is 6.92 Å². The number of carbonyl (C=O) groups excluding carboxylic acids is 1. The van der Waals surface area contributed by atoms with Crippen molar-refractivity contribution in [2.45, 2.75) is 39.0 Å². The predicted molar refractivity (Wildman–Crippen MR) is 50.8 cm³/mol. The van der Waals surface area contributed by atoms with Crippen LogP contribution in [0.25, 0.3) is 0 Å². The third-order valence-corrected chi connectivity index (χ3v) is 4.15. The number of carboxylic acids is 1. The first kappa shape index (κ1) is 9.69. The number of hydrogen-bond donors (Lipinski definition) is 1. The molecule has 0 amide bonds. The van der Waals surface area contributed by atoms with Gasteiger partial charge in [-0.2, -0.15) is 0 Å². The van der Waals surface area contributed by atoms with Crippen LogP contribution in [-0.2, 0) is 9.59 Å². The number of fused-ring (bicyclic) bond motifs is 1. The lowest BCUT2D eigenvalue weighted by atomic mass is 9.64. The summed E-state index contributed by atoms with van der Waals surface area (Å²) in [5.41, 5.74) is -0.318. The van der Waals surface area contributed by atoms with Crippen LogP contribution in [0.2, 0.25) is 0 Å². The number of rotatable bonds is 1. The third-order valence-electron chi connectivity index (χ3n) is 4.15. The molecule has 0 aromatic carbocycles. The van der Waals surface area contributed by atoms with Gasteiger partial charge in [0, 0.05) is 11.8 Å². The molecule has 0 heterocycles. The van der Waals surface area contributed by atoms with Crippen LogP contribution in [0.4, 0.5) is 0 Å². The van der Waals surface area contributed by atoms with Gasteiger partial charge in [0.15, 0.2) is 0 Å². The van der Waals surface area contributed by atoms with Crippen molar-refractivity contribution in [1.82, 2.24) is 0 Å². The summed E-state index contributed by atoms with van der Waals surface area (Å²) in [5, 5.41) is 9.07. The largest absolute Gasteiger partial charge is 0.481 e. The maximum atomic E-state index is 11.7. The molecule has 0 spiro atoms. The second kappa shape index (κ2) is 3.07. The fourth-order valence-electron chi connectivity index (χ4n) is 3.25. The highest BCUT2D eigenvalue weighted by Gasteiger charge is 2.52. The van der Waals surface area contributed by atoms with Gasteiger partial charge in [0.25, 0.3) is 0 Å². The SMILES string of the molecule is CC12CCCC(C(=O)O)C1CCC2=O. The molecule has 2 aliphatic carbocycles. The van der Waals surface area contributed by atoms with Crippen LogP contribution in [0, 0.1) is 17.3 Å². The van der Waals surface area contributed by atoms with Crippen molar-refractivity contribution < 1.29 is 14.7 Å². The van der Waals surface area contributed by atoms with E-state index in [1.54, 1.807) is 0 Å². The van der Waals surface area contributed by atoms with Gasteiger partial charge in [-0.15, -0.1) is 0 Å². The summed E-state index contributed by atoms with van der Waals surface area (Å²) in [6.45, 7) is 1.96. The van der Waals surface area contributed by atoms with Gasteiger partial charge in [-0.3, -0.25) is 9.59 Å². The number of carboxylic acid groups (broad SMARTS) is 1. The summed E-state index contributed by atoms with van der Waals surface area (Å²) in [7, 11) is 0. The lowest BCUT2D eigenvalue weighted by Gasteiger charge is -2.38. The summed E-state index contributed by atoms with van der Waals surface area (Å²) >= 11 is 0. The first-order valence-corrected chi connectivity index (χ1v) is 5.32. The Morgan fingerprint density at radius 1 is 1.50 bits per heavy atom. The van der Waals surface area contributed by atoms with Gasteiger partial charge >= 0.3 is 5.97 Å². The molecule has 3 heteroatoms. The number of ketones is 1. The quantitative estimate of drug-likeness (QED) is 0.696. The van der Waals surface area contributed by atoms with E-state index in [1.165, 1.54) is 0 Å². The van der Waals surface area contributed by atoms with Gasteiger partial charge in [-0.05, 0) is 25.2 Å². The van der Waals surface area contributed by atoms with E-state index in [-0.39, 0.29) is 23.0 Å². The van der Waals surface area contributed by atoms with Gasteiger partial charge in [-0.25, -0.2) is 0 Å². The summed E-state index contributed by atoms with van der Waals surface area (Å²) in [6.07, 6.45) is 3.90. The van der Waals surface area contributed by atoms with Crippen molar-refractivity contribution in [2.24, 2.45) is 17.3 Å². The zero-order valence-corrected chi connectivity index (χ0v) is 8.45. The zero-order chi connectivity index (χ0) is 10.3. The monoisotopic (exact) mass is 196 g/mol. The first-order chi connectivity index (χ1) is 6.55. The molecule has 3 nitrogen and oxygen atoms in total. The molecule has 78 valence electrons. The van der Waals surface area contributed by atoms with E-state index < -0.39 is 5.97 Å². The average Bonchev–Trinajstić information content (AvgIpc) is 2.42. The van der Waals surface area contributed by atoms with E-state index in [4.69, 9.17) is 5.11 Å². The van der Waals surface area contributed by atoms with Crippen LogP contribution >= 0.6 is 0 Å². The fraction of sp³-hybridized carbons (Fsp3) is 0.818. The first-order valence-electron chi connectivity index (χ1n) is 5.32.